The van der Waals surface area contributed by atoms with Crippen LogP contribution in [0.1, 0.15) is 12.0 Å². The largest absolute Gasteiger partial charge is 0.369 e. The summed E-state index contributed by atoms with van der Waals surface area (Å²) in [6.07, 6.45) is 0.916. The van der Waals surface area contributed by atoms with Gasteiger partial charge in [-0.25, -0.2) is 0 Å². The van der Waals surface area contributed by atoms with Gasteiger partial charge >= 0.3 is 0 Å². The first-order valence-corrected chi connectivity index (χ1v) is 5.73. The molecule has 0 spiro atoms. The van der Waals surface area contributed by atoms with Crippen molar-refractivity contribution < 1.29 is 4.79 Å². The van der Waals surface area contributed by atoms with Gasteiger partial charge < -0.3 is 5.73 Å². The Morgan fingerprint density at radius 1 is 1.71 bits per heavy atom. The highest BCUT2D eigenvalue weighted by atomic mass is 32.1. The van der Waals surface area contributed by atoms with E-state index in [1.54, 1.807) is 11.3 Å². The van der Waals surface area contributed by atoms with Gasteiger partial charge in [-0.1, -0.05) is 0 Å². The minimum atomic E-state index is -0.155. The summed E-state index contributed by atoms with van der Waals surface area (Å²) in [6.45, 7) is 2.77. The molecule has 2 heterocycles. The van der Waals surface area contributed by atoms with E-state index in [9.17, 15) is 4.79 Å². The number of rotatable bonds is 3. The average molecular weight is 210 g/mol. The monoisotopic (exact) mass is 210 g/mol. The average Bonchev–Trinajstić information content (AvgIpc) is 2.75. The summed E-state index contributed by atoms with van der Waals surface area (Å²) < 4.78 is 0. The molecule has 1 atom stereocenters. The zero-order chi connectivity index (χ0) is 9.97. The second kappa shape index (κ2) is 4.11. The van der Waals surface area contributed by atoms with Crippen molar-refractivity contribution in [3.63, 3.8) is 0 Å². The van der Waals surface area contributed by atoms with Crippen molar-refractivity contribution in [1.29, 1.82) is 0 Å². The summed E-state index contributed by atoms with van der Waals surface area (Å²) in [5, 5.41) is 4.23. The Morgan fingerprint density at radius 2 is 2.57 bits per heavy atom. The predicted molar refractivity (Wildman–Crippen MR) is 56.9 cm³/mol. The van der Waals surface area contributed by atoms with Crippen LogP contribution in [-0.2, 0) is 11.3 Å². The van der Waals surface area contributed by atoms with Gasteiger partial charge in [0.05, 0.1) is 5.92 Å². The van der Waals surface area contributed by atoms with Crippen LogP contribution >= 0.6 is 11.3 Å². The Bertz CT molecular complexity index is 310. The molecule has 0 bridgehead atoms. The minimum Gasteiger partial charge on any atom is -0.369 e. The molecule has 2 N–H and O–H groups in total. The molecule has 1 aromatic rings. The fourth-order valence-electron chi connectivity index (χ4n) is 1.85. The molecule has 1 aliphatic heterocycles. The van der Waals surface area contributed by atoms with E-state index in [4.69, 9.17) is 5.73 Å². The lowest BCUT2D eigenvalue weighted by atomic mass is 10.1. The molecular weight excluding hydrogens is 196 g/mol. The normalized spacial score (nSPS) is 22.7. The van der Waals surface area contributed by atoms with Crippen molar-refractivity contribution in [3.8, 4) is 0 Å². The highest BCUT2D eigenvalue weighted by Crippen LogP contribution is 2.19. The lowest BCUT2D eigenvalue weighted by molar-refractivity contribution is -0.121. The van der Waals surface area contributed by atoms with E-state index in [0.29, 0.717) is 0 Å². The van der Waals surface area contributed by atoms with Crippen LogP contribution in [-0.4, -0.2) is 23.9 Å². The molecule has 1 amide bonds. The number of amides is 1. The maximum atomic E-state index is 10.9. The van der Waals surface area contributed by atoms with Crippen LogP contribution in [0.15, 0.2) is 16.8 Å². The lowest BCUT2D eigenvalue weighted by Crippen LogP contribution is -2.27. The highest BCUT2D eigenvalue weighted by Gasteiger charge is 2.26. The molecule has 4 heteroatoms. The number of nitrogens with two attached hydrogens (primary N) is 1. The second-order valence-electron chi connectivity index (χ2n) is 3.75. The van der Waals surface area contributed by atoms with Gasteiger partial charge in [0.15, 0.2) is 0 Å². The number of primary amides is 1. The van der Waals surface area contributed by atoms with Crippen LogP contribution in [0.4, 0.5) is 0 Å². The summed E-state index contributed by atoms with van der Waals surface area (Å²) in [5.74, 6) is -0.0912. The summed E-state index contributed by atoms with van der Waals surface area (Å²) >= 11 is 1.71. The third-order valence-corrected chi connectivity index (χ3v) is 3.39. The van der Waals surface area contributed by atoms with Crippen molar-refractivity contribution in [3.05, 3.63) is 22.4 Å². The van der Waals surface area contributed by atoms with Crippen molar-refractivity contribution in [2.75, 3.05) is 13.1 Å². The van der Waals surface area contributed by atoms with Gasteiger partial charge in [0, 0.05) is 13.1 Å². The van der Waals surface area contributed by atoms with Crippen molar-refractivity contribution in [1.82, 2.24) is 4.90 Å². The Hall–Kier alpha value is -0.870. The molecule has 0 aliphatic carbocycles. The van der Waals surface area contributed by atoms with Crippen LogP contribution < -0.4 is 5.73 Å². The Balaban J connectivity index is 1.87. The van der Waals surface area contributed by atoms with E-state index >= 15 is 0 Å². The molecule has 1 unspecified atom stereocenters. The van der Waals surface area contributed by atoms with Crippen LogP contribution in [0.5, 0.6) is 0 Å². The van der Waals surface area contributed by atoms with Gasteiger partial charge in [0.2, 0.25) is 5.91 Å². The van der Waals surface area contributed by atoms with E-state index in [1.807, 2.05) is 0 Å². The van der Waals surface area contributed by atoms with E-state index in [0.717, 1.165) is 26.1 Å². The quantitative estimate of drug-likeness (QED) is 0.810. The van der Waals surface area contributed by atoms with Gasteiger partial charge in [-0.3, -0.25) is 9.69 Å². The number of carbonyl (C=O) groups is 1. The van der Waals surface area contributed by atoms with E-state index < -0.39 is 0 Å². The molecule has 76 valence electrons. The number of hydrogen-bond acceptors (Lipinski definition) is 3. The maximum Gasteiger partial charge on any atom is 0.221 e. The smallest absolute Gasteiger partial charge is 0.221 e. The minimum absolute atomic E-state index is 0.0636. The van der Waals surface area contributed by atoms with E-state index in [-0.39, 0.29) is 11.8 Å². The molecule has 0 radical (unpaired) electrons. The summed E-state index contributed by atoms with van der Waals surface area (Å²) in [5.41, 5.74) is 6.60. The molecule has 1 aromatic heterocycles. The number of likely N-dealkylation sites (tertiary alicyclic amines) is 1. The van der Waals surface area contributed by atoms with Gasteiger partial charge in [-0.15, -0.1) is 0 Å². The topological polar surface area (TPSA) is 46.3 Å². The number of thiophene rings is 1. The molecule has 0 aromatic carbocycles. The lowest BCUT2D eigenvalue weighted by Gasteiger charge is -2.13. The standard InChI is InChI=1S/C10H14N2OS/c11-10(13)9-1-3-12(6-9)5-8-2-4-14-7-8/h2,4,7,9H,1,3,5-6H2,(H2,11,13). The maximum absolute atomic E-state index is 10.9. The number of nitrogens with zero attached hydrogens (tertiary/aromatic N) is 1. The third kappa shape index (κ3) is 2.13. The molecule has 1 saturated heterocycles. The summed E-state index contributed by atoms with van der Waals surface area (Å²) in [6, 6.07) is 2.13. The van der Waals surface area contributed by atoms with Gasteiger partial charge in [0.1, 0.15) is 0 Å². The molecule has 3 nitrogen and oxygen atoms in total. The first-order chi connectivity index (χ1) is 6.75. The summed E-state index contributed by atoms with van der Waals surface area (Å²) in [7, 11) is 0. The van der Waals surface area contributed by atoms with E-state index in [1.165, 1.54) is 5.56 Å². The van der Waals surface area contributed by atoms with Crippen LogP contribution in [0, 0.1) is 5.92 Å². The van der Waals surface area contributed by atoms with Gasteiger partial charge in [0.25, 0.3) is 0 Å². The Kier molecular flexibility index (Phi) is 2.84. The summed E-state index contributed by atoms with van der Waals surface area (Å²) in [4.78, 5) is 13.2. The molecule has 1 aliphatic rings. The molecule has 1 fully saturated rings. The first kappa shape index (κ1) is 9.68. The SMILES string of the molecule is NC(=O)C1CCN(Cc2ccsc2)C1. The van der Waals surface area contributed by atoms with Crippen molar-refractivity contribution in [2.45, 2.75) is 13.0 Å². The fourth-order valence-corrected chi connectivity index (χ4v) is 2.51. The zero-order valence-corrected chi connectivity index (χ0v) is 8.80. The van der Waals surface area contributed by atoms with Crippen molar-refractivity contribution >= 4 is 17.2 Å². The Labute approximate surface area is 87.5 Å². The van der Waals surface area contributed by atoms with Crippen LogP contribution in [0.2, 0.25) is 0 Å². The molecular formula is C10H14N2OS. The Morgan fingerprint density at radius 3 is 3.14 bits per heavy atom. The number of hydrogen-bond donors (Lipinski definition) is 1. The third-order valence-electron chi connectivity index (χ3n) is 2.66. The zero-order valence-electron chi connectivity index (χ0n) is 7.98. The second-order valence-corrected chi connectivity index (χ2v) is 4.53. The predicted octanol–water partition coefficient (Wildman–Crippen LogP) is 1.06. The number of carbonyl (C=O) groups excluding carboxylic acids is 1. The molecule has 0 saturated carbocycles. The van der Waals surface area contributed by atoms with Crippen LogP contribution in [0.3, 0.4) is 0 Å². The van der Waals surface area contributed by atoms with Crippen molar-refractivity contribution in [2.24, 2.45) is 11.7 Å². The molecule has 14 heavy (non-hydrogen) atoms. The first-order valence-electron chi connectivity index (χ1n) is 4.78. The highest BCUT2D eigenvalue weighted by molar-refractivity contribution is 7.07. The van der Waals surface area contributed by atoms with Gasteiger partial charge in [-0.05, 0) is 35.4 Å². The molecule has 2 rings (SSSR count). The van der Waals surface area contributed by atoms with E-state index in [2.05, 4.69) is 21.7 Å². The fraction of sp³-hybridized carbons (Fsp3) is 0.500. The van der Waals surface area contributed by atoms with Gasteiger partial charge in [-0.2, -0.15) is 11.3 Å². The van der Waals surface area contributed by atoms with Crippen LogP contribution in [0.25, 0.3) is 0 Å².